The van der Waals surface area contributed by atoms with E-state index >= 15 is 0 Å². The molecule has 1 saturated carbocycles. The van der Waals surface area contributed by atoms with Crippen LogP contribution in [0.2, 0.25) is 0 Å². The summed E-state index contributed by atoms with van der Waals surface area (Å²) in [5.41, 5.74) is 0. The zero-order chi connectivity index (χ0) is 8.44. The van der Waals surface area contributed by atoms with Gasteiger partial charge >= 0.3 is 0 Å². The van der Waals surface area contributed by atoms with Crippen LogP contribution in [0.1, 0.15) is 25.7 Å². The van der Waals surface area contributed by atoms with E-state index in [0.29, 0.717) is 12.5 Å². The van der Waals surface area contributed by atoms with Gasteiger partial charge in [0.25, 0.3) is 0 Å². The highest BCUT2D eigenvalue weighted by atomic mass is 16.7. The van der Waals surface area contributed by atoms with Gasteiger partial charge in [-0.3, -0.25) is 0 Å². The Bertz CT molecular complexity index is 152. The quantitative estimate of drug-likeness (QED) is 0.673. The van der Waals surface area contributed by atoms with Crippen LogP contribution in [0.25, 0.3) is 0 Å². The Morgan fingerprint density at radius 1 is 1.33 bits per heavy atom. The first-order valence-electron chi connectivity index (χ1n) is 4.73. The lowest BCUT2D eigenvalue weighted by Crippen LogP contribution is -2.26. The first kappa shape index (κ1) is 8.48. The zero-order valence-corrected chi connectivity index (χ0v) is 7.29. The fraction of sp³-hybridized carbons (Fsp3) is 1.00. The summed E-state index contributed by atoms with van der Waals surface area (Å²) in [5, 5.41) is 8.78. The molecule has 1 N–H and O–H groups in total. The lowest BCUT2D eigenvalue weighted by molar-refractivity contribution is -0.152. The summed E-state index contributed by atoms with van der Waals surface area (Å²) in [5.74, 6) is 0.355. The molecular weight excluding hydrogens is 156 g/mol. The van der Waals surface area contributed by atoms with Crippen LogP contribution < -0.4 is 0 Å². The molecule has 1 aliphatic heterocycles. The summed E-state index contributed by atoms with van der Waals surface area (Å²) in [6, 6.07) is 0. The molecule has 1 atom stereocenters. The molecule has 1 saturated heterocycles. The van der Waals surface area contributed by atoms with Crippen molar-refractivity contribution < 1.29 is 14.6 Å². The third-order valence-electron chi connectivity index (χ3n) is 2.88. The molecule has 3 nitrogen and oxygen atoms in total. The van der Waals surface area contributed by atoms with E-state index in [4.69, 9.17) is 14.6 Å². The molecule has 1 aliphatic carbocycles. The van der Waals surface area contributed by atoms with Crippen molar-refractivity contribution in [1.29, 1.82) is 0 Å². The van der Waals surface area contributed by atoms with Crippen LogP contribution in [0.3, 0.4) is 0 Å². The van der Waals surface area contributed by atoms with Crippen LogP contribution in [-0.4, -0.2) is 30.7 Å². The van der Waals surface area contributed by atoms with E-state index in [1.165, 1.54) is 0 Å². The van der Waals surface area contributed by atoms with Crippen LogP contribution in [0, 0.1) is 5.92 Å². The van der Waals surface area contributed by atoms with Crippen LogP contribution in [-0.2, 0) is 9.47 Å². The minimum Gasteiger partial charge on any atom is -0.396 e. The van der Waals surface area contributed by atoms with Crippen molar-refractivity contribution in [3.8, 4) is 0 Å². The second-order valence-electron chi connectivity index (χ2n) is 3.73. The molecule has 0 aromatic heterocycles. The van der Waals surface area contributed by atoms with Gasteiger partial charge in [0.1, 0.15) is 0 Å². The number of aliphatic hydroxyl groups is 1. The predicted molar refractivity (Wildman–Crippen MR) is 43.7 cm³/mol. The first-order valence-corrected chi connectivity index (χ1v) is 4.73. The Hall–Kier alpha value is -0.120. The zero-order valence-electron chi connectivity index (χ0n) is 7.29. The van der Waals surface area contributed by atoms with Crippen molar-refractivity contribution in [1.82, 2.24) is 0 Å². The summed E-state index contributed by atoms with van der Waals surface area (Å²) < 4.78 is 11.1. The maximum Gasteiger partial charge on any atom is 0.168 e. The molecule has 0 aromatic rings. The molecular formula is C9H16O3. The van der Waals surface area contributed by atoms with E-state index < -0.39 is 0 Å². The Morgan fingerprint density at radius 3 is 2.75 bits per heavy atom. The minimum atomic E-state index is -0.250. The minimum absolute atomic E-state index is 0.250. The lowest BCUT2D eigenvalue weighted by Gasteiger charge is -2.21. The molecule has 0 unspecified atom stereocenters. The monoisotopic (exact) mass is 172 g/mol. The third kappa shape index (κ3) is 1.49. The van der Waals surface area contributed by atoms with Crippen molar-refractivity contribution in [2.45, 2.75) is 31.5 Å². The lowest BCUT2D eigenvalue weighted by atomic mass is 10.0. The maximum absolute atomic E-state index is 8.78. The van der Waals surface area contributed by atoms with Crippen molar-refractivity contribution in [3.63, 3.8) is 0 Å². The molecule has 0 amide bonds. The summed E-state index contributed by atoms with van der Waals surface area (Å²) in [6.07, 6.45) is 4.03. The summed E-state index contributed by atoms with van der Waals surface area (Å²) in [7, 11) is 0. The number of aliphatic hydroxyl groups excluding tert-OH is 1. The smallest absolute Gasteiger partial charge is 0.168 e. The Labute approximate surface area is 72.7 Å². The summed E-state index contributed by atoms with van der Waals surface area (Å²) >= 11 is 0. The Balaban J connectivity index is 1.88. The molecule has 70 valence electrons. The van der Waals surface area contributed by atoms with Gasteiger partial charge in [0.15, 0.2) is 5.79 Å². The number of hydrogen-bond donors (Lipinski definition) is 1. The SMILES string of the molecule is OCC[C@@H]1CCC2(C1)OCCO2. The van der Waals surface area contributed by atoms with Gasteiger partial charge in [-0.25, -0.2) is 0 Å². The van der Waals surface area contributed by atoms with E-state index in [1.807, 2.05) is 0 Å². The van der Waals surface area contributed by atoms with Crippen LogP contribution in [0.4, 0.5) is 0 Å². The average molecular weight is 172 g/mol. The molecule has 0 bridgehead atoms. The molecule has 0 aromatic carbocycles. The predicted octanol–water partition coefficient (Wildman–Crippen LogP) is 0.912. The second kappa shape index (κ2) is 3.32. The van der Waals surface area contributed by atoms with Gasteiger partial charge in [0.05, 0.1) is 13.2 Å². The van der Waals surface area contributed by atoms with E-state index in [1.54, 1.807) is 0 Å². The van der Waals surface area contributed by atoms with Crippen molar-refractivity contribution in [3.05, 3.63) is 0 Å². The Morgan fingerprint density at radius 2 is 2.08 bits per heavy atom. The summed E-state index contributed by atoms with van der Waals surface area (Å²) in [4.78, 5) is 0. The normalized spacial score (nSPS) is 33.2. The molecule has 1 spiro atoms. The van der Waals surface area contributed by atoms with Crippen molar-refractivity contribution in [2.24, 2.45) is 5.92 Å². The molecule has 0 radical (unpaired) electrons. The van der Waals surface area contributed by atoms with Gasteiger partial charge in [-0.05, 0) is 18.8 Å². The second-order valence-corrected chi connectivity index (χ2v) is 3.73. The van der Waals surface area contributed by atoms with Gasteiger partial charge in [-0.1, -0.05) is 0 Å². The Kier molecular flexibility index (Phi) is 2.35. The number of rotatable bonds is 2. The standard InChI is InChI=1S/C9H16O3/c10-4-2-8-1-3-9(7-8)11-5-6-12-9/h8,10H,1-7H2/t8-/m0/s1. The highest BCUT2D eigenvalue weighted by Crippen LogP contribution is 2.41. The molecule has 1 heterocycles. The van der Waals surface area contributed by atoms with Crippen LogP contribution >= 0.6 is 0 Å². The maximum atomic E-state index is 8.78. The van der Waals surface area contributed by atoms with E-state index in [9.17, 15) is 0 Å². The topological polar surface area (TPSA) is 38.7 Å². The van der Waals surface area contributed by atoms with Crippen molar-refractivity contribution >= 4 is 0 Å². The molecule has 3 heteroatoms. The van der Waals surface area contributed by atoms with E-state index in [0.717, 1.165) is 38.9 Å². The summed E-state index contributed by atoms with van der Waals surface area (Å²) in [6.45, 7) is 1.78. The van der Waals surface area contributed by atoms with Gasteiger partial charge in [0.2, 0.25) is 0 Å². The first-order chi connectivity index (χ1) is 5.85. The van der Waals surface area contributed by atoms with E-state index in [2.05, 4.69) is 0 Å². The molecule has 12 heavy (non-hydrogen) atoms. The van der Waals surface area contributed by atoms with Gasteiger partial charge in [0, 0.05) is 19.4 Å². The van der Waals surface area contributed by atoms with E-state index in [-0.39, 0.29) is 5.79 Å². The van der Waals surface area contributed by atoms with Crippen LogP contribution in [0.5, 0.6) is 0 Å². The van der Waals surface area contributed by atoms with Crippen LogP contribution in [0.15, 0.2) is 0 Å². The molecule has 2 rings (SSSR count). The highest BCUT2D eigenvalue weighted by Gasteiger charge is 2.43. The average Bonchev–Trinajstić information content (AvgIpc) is 2.65. The van der Waals surface area contributed by atoms with Gasteiger partial charge in [-0.2, -0.15) is 0 Å². The number of ether oxygens (including phenoxy) is 2. The van der Waals surface area contributed by atoms with Gasteiger partial charge < -0.3 is 14.6 Å². The molecule has 2 fully saturated rings. The van der Waals surface area contributed by atoms with Gasteiger partial charge in [-0.15, -0.1) is 0 Å². The fourth-order valence-electron chi connectivity index (χ4n) is 2.26. The molecule has 2 aliphatic rings. The third-order valence-corrected chi connectivity index (χ3v) is 2.88. The fourth-order valence-corrected chi connectivity index (χ4v) is 2.26. The largest absolute Gasteiger partial charge is 0.396 e. The highest BCUT2D eigenvalue weighted by molar-refractivity contribution is 4.85. The van der Waals surface area contributed by atoms with Crippen molar-refractivity contribution in [2.75, 3.05) is 19.8 Å². The number of hydrogen-bond acceptors (Lipinski definition) is 3.